The molecule has 4 rings (SSSR count). The number of benzene rings is 2. The third kappa shape index (κ3) is 4.24. The average molecular weight is 386 g/mol. The average Bonchev–Trinajstić information content (AvgIpc) is 3.19. The van der Waals surface area contributed by atoms with Crippen molar-refractivity contribution < 1.29 is 4.79 Å². The summed E-state index contributed by atoms with van der Waals surface area (Å²) in [7, 11) is 0. The standard InChI is InChI=1S/C22H18N4OS/c1-15-2-4-17(5-3-15)21(27)24-18-6-8-19(9-7-18)25-22-26-20(14-28-22)16-10-12-23-13-11-16/h2-14H,1H3,(H,24,27)(H,25,26). The Morgan fingerprint density at radius 3 is 2.29 bits per heavy atom. The molecule has 0 aliphatic carbocycles. The highest BCUT2D eigenvalue weighted by Crippen LogP contribution is 2.27. The van der Waals surface area contributed by atoms with Gasteiger partial charge in [-0.3, -0.25) is 9.78 Å². The molecule has 0 radical (unpaired) electrons. The summed E-state index contributed by atoms with van der Waals surface area (Å²) in [5, 5.41) is 9.02. The zero-order valence-corrected chi connectivity index (χ0v) is 16.0. The summed E-state index contributed by atoms with van der Waals surface area (Å²) in [6.45, 7) is 2.00. The van der Waals surface area contributed by atoms with E-state index in [0.717, 1.165) is 33.3 Å². The van der Waals surface area contributed by atoms with Crippen LogP contribution in [0.5, 0.6) is 0 Å². The number of aromatic nitrogens is 2. The molecule has 138 valence electrons. The van der Waals surface area contributed by atoms with Gasteiger partial charge in [0.2, 0.25) is 0 Å². The number of rotatable bonds is 5. The molecule has 4 aromatic rings. The topological polar surface area (TPSA) is 66.9 Å². The summed E-state index contributed by atoms with van der Waals surface area (Å²) >= 11 is 1.54. The second-order valence-electron chi connectivity index (χ2n) is 6.30. The maximum atomic E-state index is 12.3. The van der Waals surface area contributed by atoms with E-state index >= 15 is 0 Å². The quantitative estimate of drug-likeness (QED) is 0.475. The molecule has 0 aliphatic heterocycles. The molecule has 0 spiro atoms. The van der Waals surface area contributed by atoms with Crippen LogP contribution in [0, 0.1) is 6.92 Å². The monoisotopic (exact) mass is 386 g/mol. The van der Waals surface area contributed by atoms with E-state index in [9.17, 15) is 4.79 Å². The van der Waals surface area contributed by atoms with Crippen molar-refractivity contribution in [2.45, 2.75) is 6.92 Å². The van der Waals surface area contributed by atoms with Gasteiger partial charge in [0.1, 0.15) is 0 Å². The Bertz CT molecular complexity index is 1070. The molecule has 1 amide bonds. The van der Waals surface area contributed by atoms with Crippen LogP contribution in [0.25, 0.3) is 11.3 Å². The van der Waals surface area contributed by atoms with E-state index in [2.05, 4.69) is 20.6 Å². The first kappa shape index (κ1) is 17.9. The summed E-state index contributed by atoms with van der Waals surface area (Å²) in [5.74, 6) is -0.123. The lowest BCUT2D eigenvalue weighted by Crippen LogP contribution is -2.11. The maximum absolute atomic E-state index is 12.3. The van der Waals surface area contributed by atoms with Gasteiger partial charge < -0.3 is 10.6 Å². The molecule has 0 aliphatic rings. The van der Waals surface area contributed by atoms with Crippen LogP contribution < -0.4 is 10.6 Å². The summed E-state index contributed by atoms with van der Waals surface area (Å²) in [6.07, 6.45) is 3.51. The zero-order valence-electron chi connectivity index (χ0n) is 15.2. The number of aryl methyl sites for hydroxylation is 1. The Hall–Kier alpha value is -3.51. The van der Waals surface area contributed by atoms with Gasteiger partial charge >= 0.3 is 0 Å². The maximum Gasteiger partial charge on any atom is 0.255 e. The van der Waals surface area contributed by atoms with E-state index in [1.165, 1.54) is 0 Å². The Balaban J connectivity index is 1.40. The Morgan fingerprint density at radius 2 is 1.57 bits per heavy atom. The minimum atomic E-state index is -0.123. The number of nitrogens with zero attached hydrogens (tertiary/aromatic N) is 2. The minimum absolute atomic E-state index is 0.123. The summed E-state index contributed by atoms with van der Waals surface area (Å²) in [4.78, 5) is 20.9. The van der Waals surface area contributed by atoms with E-state index in [-0.39, 0.29) is 5.91 Å². The Morgan fingerprint density at radius 1 is 0.893 bits per heavy atom. The molecule has 0 bridgehead atoms. The summed E-state index contributed by atoms with van der Waals surface area (Å²) in [6, 6.07) is 18.9. The number of nitrogens with one attached hydrogen (secondary N) is 2. The second kappa shape index (κ2) is 8.02. The Labute approximate surface area is 167 Å². The Kier molecular flexibility index (Phi) is 5.12. The van der Waals surface area contributed by atoms with E-state index in [0.29, 0.717) is 5.56 Å². The lowest BCUT2D eigenvalue weighted by atomic mass is 10.1. The van der Waals surface area contributed by atoms with Gasteiger partial charge in [0, 0.05) is 40.3 Å². The van der Waals surface area contributed by atoms with E-state index in [1.807, 2.05) is 73.0 Å². The number of carbonyl (C=O) groups is 1. The SMILES string of the molecule is Cc1ccc(C(=O)Nc2ccc(Nc3nc(-c4ccncc4)cs3)cc2)cc1. The number of amides is 1. The fraction of sp³-hybridized carbons (Fsp3) is 0.0455. The molecule has 0 saturated heterocycles. The highest BCUT2D eigenvalue weighted by Gasteiger charge is 2.07. The first-order chi connectivity index (χ1) is 13.7. The van der Waals surface area contributed by atoms with Crippen LogP contribution in [0.4, 0.5) is 16.5 Å². The van der Waals surface area contributed by atoms with Gasteiger partial charge in [-0.15, -0.1) is 11.3 Å². The van der Waals surface area contributed by atoms with E-state index in [1.54, 1.807) is 23.7 Å². The van der Waals surface area contributed by atoms with Crippen LogP contribution in [-0.2, 0) is 0 Å². The molecular formula is C22H18N4OS. The van der Waals surface area contributed by atoms with Gasteiger partial charge in [0.15, 0.2) is 5.13 Å². The molecule has 0 fully saturated rings. The molecule has 0 unspecified atom stereocenters. The molecule has 6 heteroatoms. The number of anilines is 3. The van der Waals surface area contributed by atoms with Gasteiger partial charge in [0.05, 0.1) is 5.69 Å². The van der Waals surface area contributed by atoms with Crippen LogP contribution in [0.15, 0.2) is 78.4 Å². The predicted molar refractivity (Wildman–Crippen MR) is 114 cm³/mol. The third-order valence-electron chi connectivity index (χ3n) is 4.19. The summed E-state index contributed by atoms with van der Waals surface area (Å²) in [5.41, 5.74) is 5.36. The van der Waals surface area contributed by atoms with E-state index in [4.69, 9.17) is 0 Å². The number of hydrogen-bond acceptors (Lipinski definition) is 5. The third-order valence-corrected chi connectivity index (χ3v) is 4.95. The fourth-order valence-electron chi connectivity index (χ4n) is 2.65. The van der Waals surface area contributed by atoms with Crippen LogP contribution in [0.1, 0.15) is 15.9 Å². The first-order valence-electron chi connectivity index (χ1n) is 8.78. The molecular weight excluding hydrogens is 368 g/mol. The molecule has 2 aromatic carbocycles. The predicted octanol–water partition coefficient (Wildman–Crippen LogP) is 5.51. The number of hydrogen-bond donors (Lipinski definition) is 2. The van der Waals surface area contributed by atoms with Crippen molar-refractivity contribution in [2.75, 3.05) is 10.6 Å². The largest absolute Gasteiger partial charge is 0.332 e. The molecule has 2 N–H and O–H groups in total. The zero-order chi connectivity index (χ0) is 19.3. The summed E-state index contributed by atoms with van der Waals surface area (Å²) < 4.78 is 0. The number of carbonyl (C=O) groups excluding carboxylic acids is 1. The van der Waals surface area contributed by atoms with E-state index < -0.39 is 0 Å². The van der Waals surface area contributed by atoms with Crippen molar-refractivity contribution in [3.63, 3.8) is 0 Å². The number of thiazole rings is 1. The van der Waals surface area contributed by atoms with Crippen molar-refractivity contribution in [3.05, 3.63) is 89.6 Å². The van der Waals surface area contributed by atoms with Crippen molar-refractivity contribution in [3.8, 4) is 11.3 Å². The molecule has 2 aromatic heterocycles. The van der Waals surface area contributed by atoms with Gasteiger partial charge in [0.25, 0.3) is 5.91 Å². The van der Waals surface area contributed by atoms with Gasteiger partial charge in [-0.05, 0) is 55.5 Å². The van der Waals surface area contributed by atoms with Crippen LogP contribution in [0.3, 0.4) is 0 Å². The molecule has 28 heavy (non-hydrogen) atoms. The molecule has 0 atom stereocenters. The fourth-order valence-corrected chi connectivity index (χ4v) is 3.39. The first-order valence-corrected chi connectivity index (χ1v) is 9.66. The van der Waals surface area contributed by atoms with Crippen molar-refractivity contribution in [2.24, 2.45) is 0 Å². The van der Waals surface area contributed by atoms with Crippen molar-refractivity contribution >= 4 is 33.8 Å². The smallest absolute Gasteiger partial charge is 0.255 e. The van der Waals surface area contributed by atoms with Crippen molar-refractivity contribution in [1.82, 2.24) is 9.97 Å². The van der Waals surface area contributed by atoms with Crippen molar-refractivity contribution in [1.29, 1.82) is 0 Å². The van der Waals surface area contributed by atoms with Gasteiger partial charge in [-0.1, -0.05) is 17.7 Å². The molecule has 5 nitrogen and oxygen atoms in total. The van der Waals surface area contributed by atoms with Crippen LogP contribution >= 0.6 is 11.3 Å². The minimum Gasteiger partial charge on any atom is -0.332 e. The normalized spacial score (nSPS) is 10.5. The van der Waals surface area contributed by atoms with Crippen LogP contribution in [0.2, 0.25) is 0 Å². The lowest BCUT2D eigenvalue weighted by Gasteiger charge is -2.07. The number of pyridine rings is 1. The van der Waals surface area contributed by atoms with Gasteiger partial charge in [-0.25, -0.2) is 4.98 Å². The van der Waals surface area contributed by atoms with Crippen LogP contribution in [-0.4, -0.2) is 15.9 Å². The molecule has 0 saturated carbocycles. The highest BCUT2D eigenvalue weighted by molar-refractivity contribution is 7.14. The molecule has 2 heterocycles. The second-order valence-corrected chi connectivity index (χ2v) is 7.15. The lowest BCUT2D eigenvalue weighted by molar-refractivity contribution is 0.102. The highest BCUT2D eigenvalue weighted by atomic mass is 32.1. The van der Waals surface area contributed by atoms with Gasteiger partial charge in [-0.2, -0.15) is 0 Å².